The molecule has 1 aromatic heterocycles. The fourth-order valence-corrected chi connectivity index (χ4v) is 1.87. The molecule has 6 heteroatoms. The van der Waals surface area contributed by atoms with Crippen molar-refractivity contribution in [3.8, 4) is 11.5 Å². The molecule has 0 unspecified atom stereocenters. The fraction of sp³-hybridized carbons (Fsp3) is 0.438. The monoisotopic (exact) mass is 302 g/mol. The lowest BCUT2D eigenvalue weighted by atomic mass is 9.96. The summed E-state index contributed by atoms with van der Waals surface area (Å²) in [5.74, 6) is 0.744. The predicted octanol–water partition coefficient (Wildman–Crippen LogP) is 2.11. The van der Waals surface area contributed by atoms with E-state index in [2.05, 4.69) is 15.5 Å². The van der Waals surface area contributed by atoms with E-state index in [9.17, 15) is 4.79 Å². The lowest BCUT2D eigenvalue weighted by Gasteiger charge is -2.13. The van der Waals surface area contributed by atoms with Gasteiger partial charge in [-0.2, -0.15) is 4.98 Å². The molecule has 1 heterocycles. The molecule has 1 amide bonds. The Bertz CT molecular complexity index is 658. The average Bonchev–Trinajstić information content (AvgIpc) is 2.96. The maximum atomic E-state index is 12.4. The van der Waals surface area contributed by atoms with Crippen molar-refractivity contribution in [3.05, 3.63) is 35.7 Å². The Morgan fingerprint density at radius 1 is 1.36 bits per heavy atom. The van der Waals surface area contributed by atoms with Gasteiger partial charge in [0.2, 0.25) is 0 Å². The molecule has 0 aliphatic heterocycles. The first-order valence-electron chi connectivity index (χ1n) is 7.27. The van der Waals surface area contributed by atoms with Gasteiger partial charge < -0.3 is 15.6 Å². The first-order valence-corrected chi connectivity index (χ1v) is 7.27. The molecule has 2 aromatic rings. The van der Waals surface area contributed by atoms with E-state index < -0.39 is 0 Å². The number of hydrogen-bond acceptors (Lipinski definition) is 5. The van der Waals surface area contributed by atoms with Gasteiger partial charge in [0.05, 0.1) is 11.1 Å². The zero-order valence-electron chi connectivity index (χ0n) is 13.4. The standard InChI is InChI=1S/C16H22N4O2/c1-10(9-17)18-13(21)11-7-5-6-8-12(11)14-19-15(20-22-14)16(2,3)4/h5-8,10H,9,17H2,1-4H3,(H,18,21)/t10-/m0/s1. The number of nitrogens with two attached hydrogens (primary N) is 1. The second-order valence-electron chi connectivity index (χ2n) is 6.33. The summed E-state index contributed by atoms with van der Waals surface area (Å²) >= 11 is 0. The summed E-state index contributed by atoms with van der Waals surface area (Å²) in [6.07, 6.45) is 0. The minimum atomic E-state index is -0.215. The summed E-state index contributed by atoms with van der Waals surface area (Å²) in [5, 5.41) is 6.84. The van der Waals surface area contributed by atoms with Crippen LogP contribution in [0.25, 0.3) is 11.5 Å². The van der Waals surface area contributed by atoms with Crippen LogP contribution in [-0.2, 0) is 5.41 Å². The number of aromatic nitrogens is 2. The highest BCUT2D eigenvalue weighted by atomic mass is 16.5. The van der Waals surface area contributed by atoms with Crippen LogP contribution >= 0.6 is 0 Å². The van der Waals surface area contributed by atoms with E-state index in [0.29, 0.717) is 29.4 Å². The van der Waals surface area contributed by atoms with Gasteiger partial charge in [-0.05, 0) is 19.1 Å². The molecule has 0 aliphatic carbocycles. The fourth-order valence-electron chi connectivity index (χ4n) is 1.87. The van der Waals surface area contributed by atoms with Gasteiger partial charge >= 0.3 is 0 Å². The van der Waals surface area contributed by atoms with Crippen molar-refractivity contribution in [3.63, 3.8) is 0 Å². The van der Waals surface area contributed by atoms with Crippen LogP contribution in [0.4, 0.5) is 0 Å². The maximum Gasteiger partial charge on any atom is 0.258 e. The molecule has 0 aliphatic rings. The minimum absolute atomic E-state index is 0.103. The van der Waals surface area contributed by atoms with E-state index in [1.54, 1.807) is 18.2 Å². The van der Waals surface area contributed by atoms with Crippen molar-refractivity contribution in [2.45, 2.75) is 39.2 Å². The molecule has 0 bridgehead atoms. The third kappa shape index (κ3) is 3.51. The number of carbonyl (C=O) groups is 1. The highest BCUT2D eigenvalue weighted by molar-refractivity contribution is 6.00. The Labute approximate surface area is 130 Å². The Kier molecular flexibility index (Phi) is 4.61. The quantitative estimate of drug-likeness (QED) is 0.902. The van der Waals surface area contributed by atoms with Crippen molar-refractivity contribution < 1.29 is 9.32 Å². The van der Waals surface area contributed by atoms with Crippen LogP contribution in [0.15, 0.2) is 28.8 Å². The Morgan fingerprint density at radius 2 is 2.05 bits per heavy atom. The molecule has 0 saturated carbocycles. The summed E-state index contributed by atoms with van der Waals surface area (Å²) in [5.41, 5.74) is 6.44. The Balaban J connectivity index is 2.36. The van der Waals surface area contributed by atoms with E-state index in [-0.39, 0.29) is 17.4 Å². The van der Waals surface area contributed by atoms with Gasteiger partial charge in [0, 0.05) is 18.0 Å². The molecule has 0 saturated heterocycles. The van der Waals surface area contributed by atoms with Crippen molar-refractivity contribution in [2.75, 3.05) is 6.54 Å². The third-order valence-electron chi connectivity index (χ3n) is 3.23. The van der Waals surface area contributed by atoms with Crippen LogP contribution in [0.5, 0.6) is 0 Å². The van der Waals surface area contributed by atoms with Gasteiger partial charge in [0.15, 0.2) is 5.82 Å². The minimum Gasteiger partial charge on any atom is -0.348 e. The molecule has 3 N–H and O–H groups in total. The Morgan fingerprint density at radius 3 is 2.64 bits per heavy atom. The third-order valence-corrected chi connectivity index (χ3v) is 3.23. The zero-order valence-corrected chi connectivity index (χ0v) is 13.4. The van der Waals surface area contributed by atoms with E-state index in [4.69, 9.17) is 10.3 Å². The second-order valence-corrected chi connectivity index (χ2v) is 6.33. The van der Waals surface area contributed by atoms with E-state index in [1.165, 1.54) is 0 Å². The number of rotatable bonds is 4. The van der Waals surface area contributed by atoms with Gasteiger partial charge in [-0.1, -0.05) is 38.1 Å². The second kappa shape index (κ2) is 6.27. The van der Waals surface area contributed by atoms with Crippen molar-refractivity contribution in [1.29, 1.82) is 0 Å². The van der Waals surface area contributed by atoms with Gasteiger partial charge in [0.1, 0.15) is 0 Å². The van der Waals surface area contributed by atoms with Crippen LogP contribution in [0.2, 0.25) is 0 Å². The van der Waals surface area contributed by atoms with Crippen LogP contribution in [0.1, 0.15) is 43.9 Å². The molecule has 2 rings (SSSR count). The van der Waals surface area contributed by atoms with Crippen LogP contribution in [0, 0.1) is 0 Å². The number of carbonyl (C=O) groups excluding carboxylic acids is 1. The van der Waals surface area contributed by atoms with E-state index in [1.807, 2.05) is 33.8 Å². The summed E-state index contributed by atoms with van der Waals surface area (Å²) in [7, 11) is 0. The van der Waals surface area contributed by atoms with Gasteiger partial charge in [0.25, 0.3) is 11.8 Å². The number of nitrogens with one attached hydrogen (secondary N) is 1. The first kappa shape index (κ1) is 16.2. The maximum absolute atomic E-state index is 12.4. The number of amides is 1. The highest BCUT2D eigenvalue weighted by Gasteiger charge is 2.23. The van der Waals surface area contributed by atoms with Crippen molar-refractivity contribution >= 4 is 5.91 Å². The molecule has 118 valence electrons. The summed E-state index contributed by atoms with van der Waals surface area (Å²) in [6.45, 7) is 8.24. The predicted molar refractivity (Wildman–Crippen MR) is 84.4 cm³/mol. The van der Waals surface area contributed by atoms with Crippen LogP contribution in [-0.4, -0.2) is 28.6 Å². The Hall–Kier alpha value is -2.21. The molecular formula is C16H22N4O2. The molecule has 0 radical (unpaired) electrons. The topological polar surface area (TPSA) is 94.0 Å². The van der Waals surface area contributed by atoms with Crippen molar-refractivity contribution in [2.24, 2.45) is 5.73 Å². The zero-order chi connectivity index (χ0) is 16.3. The average molecular weight is 302 g/mol. The number of hydrogen-bond donors (Lipinski definition) is 2. The highest BCUT2D eigenvalue weighted by Crippen LogP contribution is 2.26. The number of benzene rings is 1. The SMILES string of the molecule is C[C@@H](CN)NC(=O)c1ccccc1-c1nc(C(C)(C)C)no1. The first-order chi connectivity index (χ1) is 10.3. The van der Waals surface area contributed by atoms with E-state index in [0.717, 1.165) is 0 Å². The summed E-state index contributed by atoms with van der Waals surface area (Å²) in [6, 6.07) is 7.05. The van der Waals surface area contributed by atoms with Gasteiger partial charge in [-0.25, -0.2) is 0 Å². The molecule has 22 heavy (non-hydrogen) atoms. The normalized spacial score (nSPS) is 13.0. The summed E-state index contributed by atoms with van der Waals surface area (Å²) in [4.78, 5) is 16.8. The molecule has 0 spiro atoms. The molecular weight excluding hydrogens is 280 g/mol. The van der Waals surface area contributed by atoms with Gasteiger partial charge in [-0.15, -0.1) is 0 Å². The van der Waals surface area contributed by atoms with E-state index >= 15 is 0 Å². The molecule has 1 aromatic carbocycles. The van der Waals surface area contributed by atoms with Crippen LogP contribution in [0.3, 0.4) is 0 Å². The number of nitrogens with zero attached hydrogens (tertiary/aromatic N) is 2. The molecule has 1 atom stereocenters. The molecule has 6 nitrogen and oxygen atoms in total. The van der Waals surface area contributed by atoms with Crippen molar-refractivity contribution in [1.82, 2.24) is 15.5 Å². The van der Waals surface area contributed by atoms with Gasteiger partial charge in [-0.3, -0.25) is 4.79 Å². The lowest BCUT2D eigenvalue weighted by Crippen LogP contribution is -2.38. The molecule has 0 fully saturated rings. The van der Waals surface area contributed by atoms with Crippen LogP contribution < -0.4 is 11.1 Å². The smallest absolute Gasteiger partial charge is 0.258 e. The largest absolute Gasteiger partial charge is 0.348 e. The summed E-state index contributed by atoms with van der Waals surface area (Å²) < 4.78 is 5.33. The lowest BCUT2D eigenvalue weighted by molar-refractivity contribution is 0.0941.